The fourth-order valence-electron chi connectivity index (χ4n) is 3.31. The lowest BCUT2D eigenvalue weighted by atomic mass is 9.96. The van der Waals surface area contributed by atoms with E-state index in [4.69, 9.17) is 0 Å². The molecule has 0 aliphatic rings. The summed E-state index contributed by atoms with van der Waals surface area (Å²) in [6, 6.07) is 9.57. The minimum absolute atomic E-state index is 0.0151. The molecule has 3 rings (SSSR count). The number of alkyl halides is 6. The first-order chi connectivity index (χ1) is 15.7. The van der Waals surface area contributed by atoms with E-state index in [0.717, 1.165) is 42.6 Å². The number of aromatic nitrogens is 1. The van der Waals surface area contributed by atoms with Crippen LogP contribution in [0.5, 0.6) is 0 Å². The van der Waals surface area contributed by atoms with Crippen molar-refractivity contribution in [2.45, 2.75) is 37.8 Å². The summed E-state index contributed by atoms with van der Waals surface area (Å²) in [5, 5.41) is 12.5. The normalized spacial score (nSPS) is 13.4. The van der Waals surface area contributed by atoms with Crippen LogP contribution in [-0.4, -0.2) is 16.0 Å². The summed E-state index contributed by atoms with van der Waals surface area (Å²) in [6.45, 7) is 3.09. The van der Waals surface area contributed by atoms with E-state index in [-0.39, 0.29) is 11.1 Å². The Kier molecular flexibility index (Phi) is 6.75. The number of carbonyl (C=O) groups is 1. The van der Waals surface area contributed by atoms with Crippen molar-refractivity contribution in [3.8, 4) is 0 Å². The maximum absolute atomic E-state index is 13.6. The molecule has 3 aromatic rings. The van der Waals surface area contributed by atoms with Crippen molar-refractivity contribution in [2.75, 3.05) is 0 Å². The minimum Gasteiger partial charge on any atom is -0.386 e. The SMILES string of the molecule is CC(C)(O)c1ccc(C(=O)NC(c2ccc(C(F)(F)F)cc2)c2ncccc2C(F)(F)F)cc1. The van der Waals surface area contributed by atoms with E-state index < -0.39 is 46.7 Å². The molecule has 0 aliphatic heterocycles. The largest absolute Gasteiger partial charge is 0.418 e. The highest BCUT2D eigenvalue weighted by Gasteiger charge is 2.37. The maximum atomic E-state index is 13.6. The van der Waals surface area contributed by atoms with Gasteiger partial charge in [0.25, 0.3) is 5.91 Å². The molecule has 180 valence electrons. The quantitative estimate of drug-likeness (QED) is 0.448. The highest BCUT2D eigenvalue weighted by molar-refractivity contribution is 5.94. The highest BCUT2D eigenvalue weighted by atomic mass is 19.4. The standard InChI is InChI=1S/C24H20F6N2O2/c1-22(2,34)16-9-7-15(8-10-16)21(33)32-19(14-5-11-17(12-6-14)23(25,26)27)20-18(24(28,29)30)4-3-13-31-20/h3-13,19,34H,1-2H3,(H,32,33). The Bertz CT molecular complexity index is 1150. The molecule has 1 atom stereocenters. The molecule has 0 radical (unpaired) electrons. The van der Waals surface area contributed by atoms with Gasteiger partial charge in [0.05, 0.1) is 28.5 Å². The monoisotopic (exact) mass is 482 g/mol. The van der Waals surface area contributed by atoms with Crippen LogP contribution in [0.25, 0.3) is 0 Å². The molecule has 0 bridgehead atoms. The van der Waals surface area contributed by atoms with Crippen molar-refractivity contribution in [3.05, 3.63) is 100 Å². The number of hydrogen-bond acceptors (Lipinski definition) is 3. The van der Waals surface area contributed by atoms with E-state index in [0.29, 0.717) is 5.56 Å². The van der Waals surface area contributed by atoms with Crippen LogP contribution in [-0.2, 0) is 18.0 Å². The molecular weight excluding hydrogens is 462 g/mol. The Labute approximate surface area is 191 Å². The first-order valence-corrected chi connectivity index (χ1v) is 10.0. The van der Waals surface area contributed by atoms with Crippen molar-refractivity contribution in [2.24, 2.45) is 0 Å². The van der Waals surface area contributed by atoms with E-state index in [1.165, 1.54) is 24.3 Å². The molecule has 0 fully saturated rings. The lowest BCUT2D eigenvalue weighted by molar-refractivity contribution is -0.139. The van der Waals surface area contributed by atoms with Gasteiger partial charge in [0.2, 0.25) is 0 Å². The van der Waals surface area contributed by atoms with E-state index in [2.05, 4.69) is 10.3 Å². The zero-order valence-corrected chi connectivity index (χ0v) is 18.0. The molecule has 2 N–H and O–H groups in total. The molecule has 1 aromatic heterocycles. The molecular formula is C24H20F6N2O2. The second-order valence-corrected chi connectivity index (χ2v) is 8.10. The van der Waals surface area contributed by atoms with Gasteiger partial charge in [0, 0.05) is 11.8 Å². The third-order valence-corrected chi connectivity index (χ3v) is 5.12. The first kappa shape index (κ1) is 25.2. The van der Waals surface area contributed by atoms with Crippen LogP contribution in [0.2, 0.25) is 0 Å². The van der Waals surface area contributed by atoms with Crippen molar-refractivity contribution in [1.82, 2.24) is 10.3 Å². The summed E-state index contributed by atoms with van der Waals surface area (Å²) >= 11 is 0. The lowest BCUT2D eigenvalue weighted by Gasteiger charge is -2.23. The Morgan fingerprint density at radius 2 is 1.41 bits per heavy atom. The predicted octanol–water partition coefficient (Wildman–Crippen LogP) is 5.87. The topological polar surface area (TPSA) is 62.2 Å². The zero-order chi connectivity index (χ0) is 25.3. The molecule has 34 heavy (non-hydrogen) atoms. The molecule has 1 amide bonds. The first-order valence-electron chi connectivity index (χ1n) is 10.0. The smallest absolute Gasteiger partial charge is 0.386 e. The van der Waals surface area contributed by atoms with Gasteiger partial charge < -0.3 is 10.4 Å². The van der Waals surface area contributed by atoms with E-state index in [9.17, 15) is 36.2 Å². The molecule has 0 saturated carbocycles. The molecule has 0 saturated heterocycles. The molecule has 0 aliphatic carbocycles. The second-order valence-electron chi connectivity index (χ2n) is 8.10. The minimum atomic E-state index is -4.81. The summed E-state index contributed by atoms with van der Waals surface area (Å²) in [7, 11) is 0. The van der Waals surface area contributed by atoms with Gasteiger partial charge in [0.1, 0.15) is 0 Å². The number of pyridine rings is 1. The third kappa shape index (κ3) is 5.74. The number of aliphatic hydroxyl groups is 1. The van der Waals surface area contributed by atoms with Gasteiger partial charge >= 0.3 is 12.4 Å². The number of nitrogens with one attached hydrogen (secondary N) is 1. The number of halogens is 6. The number of rotatable bonds is 5. The summed E-state index contributed by atoms with van der Waals surface area (Å²) in [4.78, 5) is 16.7. The van der Waals surface area contributed by atoms with E-state index in [1.54, 1.807) is 13.8 Å². The van der Waals surface area contributed by atoms with E-state index >= 15 is 0 Å². The van der Waals surface area contributed by atoms with Gasteiger partial charge in [-0.1, -0.05) is 24.3 Å². The van der Waals surface area contributed by atoms with Crippen LogP contribution in [0.1, 0.15) is 58.2 Å². The Balaban J connectivity index is 2.04. The van der Waals surface area contributed by atoms with Gasteiger partial charge in [-0.15, -0.1) is 0 Å². The Hall–Kier alpha value is -3.40. The van der Waals surface area contributed by atoms with Crippen LogP contribution in [0.4, 0.5) is 26.3 Å². The molecule has 4 nitrogen and oxygen atoms in total. The van der Waals surface area contributed by atoms with Gasteiger partial charge in [-0.05, 0) is 61.4 Å². The van der Waals surface area contributed by atoms with Gasteiger partial charge in [-0.25, -0.2) is 0 Å². The highest BCUT2D eigenvalue weighted by Crippen LogP contribution is 2.36. The summed E-state index contributed by atoms with van der Waals surface area (Å²) < 4.78 is 79.8. The van der Waals surface area contributed by atoms with Crippen LogP contribution >= 0.6 is 0 Å². The molecule has 1 heterocycles. The average molecular weight is 482 g/mol. The zero-order valence-electron chi connectivity index (χ0n) is 18.0. The van der Waals surface area contributed by atoms with Crippen LogP contribution in [0.15, 0.2) is 66.9 Å². The van der Waals surface area contributed by atoms with Crippen LogP contribution in [0, 0.1) is 0 Å². The molecule has 2 aromatic carbocycles. The van der Waals surface area contributed by atoms with Crippen molar-refractivity contribution >= 4 is 5.91 Å². The van der Waals surface area contributed by atoms with Crippen molar-refractivity contribution in [3.63, 3.8) is 0 Å². The van der Waals surface area contributed by atoms with Gasteiger partial charge in [-0.3, -0.25) is 9.78 Å². The molecule has 0 spiro atoms. The summed E-state index contributed by atoms with van der Waals surface area (Å²) in [5.41, 5.74) is -3.28. The lowest BCUT2D eigenvalue weighted by Crippen LogP contribution is -2.32. The summed E-state index contributed by atoms with van der Waals surface area (Å²) in [5.74, 6) is -0.772. The fraction of sp³-hybridized carbons (Fsp3) is 0.250. The Morgan fingerprint density at radius 1 is 0.853 bits per heavy atom. The fourth-order valence-corrected chi connectivity index (χ4v) is 3.31. The summed E-state index contributed by atoms with van der Waals surface area (Å²) in [6.07, 6.45) is -8.35. The van der Waals surface area contributed by atoms with Gasteiger partial charge in [0.15, 0.2) is 0 Å². The number of hydrogen-bond donors (Lipinski definition) is 2. The average Bonchev–Trinajstić information content (AvgIpc) is 2.76. The molecule has 1 unspecified atom stereocenters. The molecule has 10 heteroatoms. The van der Waals surface area contributed by atoms with Gasteiger partial charge in [-0.2, -0.15) is 26.3 Å². The maximum Gasteiger partial charge on any atom is 0.418 e. The third-order valence-electron chi connectivity index (χ3n) is 5.12. The van der Waals surface area contributed by atoms with Crippen LogP contribution in [0.3, 0.4) is 0 Å². The number of carbonyl (C=O) groups excluding carboxylic acids is 1. The van der Waals surface area contributed by atoms with Crippen LogP contribution < -0.4 is 5.32 Å². The Morgan fingerprint density at radius 3 is 1.91 bits per heavy atom. The second kappa shape index (κ2) is 9.09. The number of amides is 1. The van der Waals surface area contributed by atoms with Crippen molar-refractivity contribution in [1.29, 1.82) is 0 Å². The predicted molar refractivity (Wildman–Crippen MR) is 112 cm³/mol. The van der Waals surface area contributed by atoms with E-state index in [1.807, 2.05) is 0 Å². The van der Waals surface area contributed by atoms with Crippen molar-refractivity contribution < 1.29 is 36.2 Å². The number of benzene rings is 2. The number of nitrogens with zero attached hydrogens (tertiary/aromatic N) is 1.